The molecule has 0 aromatic carbocycles. The van der Waals surface area contributed by atoms with Crippen molar-refractivity contribution in [2.45, 2.75) is 44.3 Å². The van der Waals surface area contributed by atoms with E-state index in [4.69, 9.17) is 14.2 Å². The molecule has 1 aliphatic carbocycles. The Bertz CT molecular complexity index is 1100. The number of carbonyl (C=O) groups excluding carboxylic acids is 1. The Balaban J connectivity index is 1.61. The lowest BCUT2D eigenvalue weighted by atomic mass is 9.97. The summed E-state index contributed by atoms with van der Waals surface area (Å²) in [6, 6.07) is 1.65. The molecule has 0 unspecified atom stereocenters. The number of thioether (sulfide) groups is 1. The van der Waals surface area contributed by atoms with Crippen LogP contribution in [0.4, 0.5) is 5.82 Å². The van der Waals surface area contributed by atoms with Gasteiger partial charge >= 0.3 is 0 Å². The molecule has 3 aromatic rings. The fourth-order valence-electron chi connectivity index (χ4n) is 3.44. The summed E-state index contributed by atoms with van der Waals surface area (Å²) in [5.74, 6) is 0.873. The summed E-state index contributed by atoms with van der Waals surface area (Å²) in [5, 5.41) is 7.72. The van der Waals surface area contributed by atoms with Crippen LogP contribution in [-0.2, 0) is 28.9 Å². The third-order valence-electron chi connectivity index (χ3n) is 4.79. The first-order valence-electron chi connectivity index (χ1n) is 9.47. The summed E-state index contributed by atoms with van der Waals surface area (Å²) in [6.45, 7) is 2.55. The molecule has 0 atom stereocenters. The third kappa shape index (κ3) is 4.24. The Morgan fingerprint density at radius 2 is 2.24 bits per heavy atom. The van der Waals surface area contributed by atoms with Gasteiger partial charge < -0.3 is 14.6 Å². The van der Waals surface area contributed by atoms with Gasteiger partial charge in [-0.25, -0.2) is 4.98 Å². The van der Waals surface area contributed by atoms with E-state index in [0.717, 1.165) is 41.5 Å². The molecule has 1 N–H and O–H groups in total. The Kier molecular flexibility index (Phi) is 6.02. The van der Waals surface area contributed by atoms with Gasteiger partial charge in [0.05, 0.1) is 24.3 Å². The standard InChI is InChI=1S/C19H22N4O4S2/c1-11-9-14(22-27-11)20-15(24)10-28-19-21-17-16(18(25)23(19)7-8-26-2)12-5-3-4-6-13(12)29-17/h9H,3-8,10H2,1-2H3,(H,20,22,24). The van der Waals surface area contributed by atoms with Crippen LogP contribution in [0.15, 0.2) is 20.5 Å². The second kappa shape index (κ2) is 8.68. The normalized spacial score (nSPS) is 13.6. The molecule has 154 valence electrons. The van der Waals surface area contributed by atoms with Crippen molar-refractivity contribution in [2.24, 2.45) is 0 Å². The zero-order chi connectivity index (χ0) is 20.4. The van der Waals surface area contributed by atoms with Gasteiger partial charge in [-0.1, -0.05) is 16.9 Å². The highest BCUT2D eigenvalue weighted by molar-refractivity contribution is 7.99. The van der Waals surface area contributed by atoms with Gasteiger partial charge in [-0.2, -0.15) is 0 Å². The van der Waals surface area contributed by atoms with E-state index in [1.165, 1.54) is 16.6 Å². The number of nitrogens with one attached hydrogen (secondary N) is 1. The number of aryl methyl sites for hydroxylation is 3. The van der Waals surface area contributed by atoms with Crippen LogP contribution in [-0.4, -0.2) is 40.1 Å². The van der Waals surface area contributed by atoms with Crippen molar-refractivity contribution in [2.75, 3.05) is 24.8 Å². The minimum absolute atomic E-state index is 0.0403. The molecule has 0 saturated carbocycles. The van der Waals surface area contributed by atoms with Gasteiger partial charge in [0.25, 0.3) is 5.56 Å². The first-order valence-corrected chi connectivity index (χ1v) is 11.3. The molecule has 0 spiro atoms. The van der Waals surface area contributed by atoms with Crippen molar-refractivity contribution in [3.8, 4) is 0 Å². The SMILES string of the molecule is COCCn1c(SCC(=O)Nc2cc(C)on2)nc2sc3c(c2c1=O)CCCC3. The van der Waals surface area contributed by atoms with Gasteiger partial charge in [-0.3, -0.25) is 14.2 Å². The van der Waals surface area contributed by atoms with E-state index in [2.05, 4.69) is 10.5 Å². The molecule has 0 radical (unpaired) electrons. The summed E-state index contributed by atoms with van der Waals surface area (Å²) in [5.41, 5.74) is 1.12. The lowest BCUT2D eigenvalue weighted by molar-refractivity contribution is -0.113. The summed E-state index contributed by atoms with van der Waals surface area (Å²) in [7, 11) is 1.60. The molecular formula is C19H22N4O4S2. The van der Waals surface area contributed by atoms with Crippen LogP contribution in [0.5, 0.6) is 0 Å². The van der Waals surface area contributed by atoms with E-state index in [-0.39, 0.29) is 17.2 Å². The predicted octanol–water partition coefficient (Wildman–Crippen LogP) is 3.01. The van der Waals surface area contributed by atoms with Crippen molar-refractivity contribution < 1.29 is 14.1 Å². The minimum Gasteiger partial charge on any atom is -0.383 e. The van der Waals surface area contributed by atoms with E-state index < -0.39 is 0 Å². The maximum atomic E-state index is 13.3. The molecule has 29 heavy (non-hydrogen) atoms. The van der Waals surface area contributed by atoms with Gasteiger partial charge in [0, 0.05) is 18.1 Å². The maximum Gasteiger partial charge on any atom is 0.263 e. The number of nitrogens with zero attached hydrogens (tertiary/aromatic N) is 3. The van der Waals surface area contributed by atoms with Crippen LogP contribution in [0.25, 0.3) is 10.2 Å². The van der Waals surface area contributed by atoms with E-state index in [0.29, 0.717) is 29.9 Å². The maximum absolute atomic E-state index is 13.3. The highest BCUT2D eigenvalue weighted by Crippen LogP contribution is 2.34. The average Bonchev–Trinajstić information content (AvgIpc) is 3.28. The molecule has 1 amide bonds. The third-order valence-corrected chi connectivity index (χ3v) is 6.95. The second-order valence-corrected chi connectivity index (χ2v) is 8.92. The fourth-order valence-corrected chi connectivity index (χ4v) is 5.57. The van der Waals surface area contributed by atoms with Crippen LogP contribution < -0.4 is 10.9 Å². The Labute approximate surface area is 175 Å². The van der Waals surface area contributed by atoms with Crippen molar-refractivity contribution in [3.63, 3.8) is 0 Å². The summed E-state index contributed by atoms with van der Waals surface area (Å²) in [6.07, 6.45) is 4.20. The Morgan fingerprint density at radius 1 is 1.41 bits per heavy atom. The number of thiophene rings is 1. The van der Waals surface area contributed by atoms with E-state index in [1.807, 2.05) is 0 Å². The molecule has 8 nitrogen and oxygen atoms in total. The first-order chi connectivity index (χ1) is 14.1. The molecule has 0 aliphatic heterocycles. The Hall–Kier alpha value is -2.17. The van der Waals surface area contributed by atoms with E-state index in [9.17, 15) is 9.59 Å². The zero-order valence-corrected chi connectivity index (χ0v) is 18.0. The first kappa shape index (κ1) is 20.1. The largest absolute Gasteiger partial charge is 0.383 e. The number of methoxy groups -OCH3 is 1. The Morgan fingerprint density at radius 3 is 3.00 bits per heavy atom. The topological polar surface area (TPSA) is 99.2 Å². The van der Waals surface area contributed by atoms with Gasteiger partial charge in [0.15, 0.2) is 11.0 Å². The number of rotatable bonds is 7. The number of hydrogen-bond donors (Lipinski definition) is 1. The lowest BCUT2D eigenvalue weighted by Gasteiger charge is -2.13. The molecule has 1 aliphatic rings. The highest BCUT2D eigenvalue weighted by atomic mass is 32.2. The average molecular weight is 435 g/mol. The van der Waals surface area contributed by atoms with Crippen molar-refractivity contribution in [1.82, 2.24) is 14.7 Å². The molecule has 10 heteroatoms. The van der Waals surface area contributed by atoms with Crippen LogP contribution >= 0.6 is 23.1 Å². The minimum atomic E-state index is -0.235. The monoisotopic (exact) mass is 434 g/mol. The number of carbonyl (C=O) groups is 1. The van der Waals surface area contributed by atoms with Crippen molar-refractivity contribution >= 4 is 45.0 Å². The second-order valence-electron chi connectivity index (χ2n) is 6.89. The fraction of sp³-hybridized carbons (Fsp3) is 0.474. The van der Waals surface area contributed by atoms with E-state index in [1.54, 1.807) is 36.0 Å². The van der Waals surface area contributed by atoms with Crippen LogP contribution in [0.2, 0.25) is 0 Å². The number of fused-ring (bicyclic) bond motifs is 3. The van der Waals surface area contributed by atoms with Gasteiger partial charge in [-0.05, 0) is 38.2 Å². The number of amides is 1. The lowest BCUT2D eigenvalue weighted by Crippen LogP contribution is -2.26. The highest BCUT2D eigenvalue weighted by Gasteiger charge is 2.22. The summed E-state index contributed by atoms with van der Waals surface area (Å²) >= 11 is 2.85. The zero-order valence-electron chi connectivity index (χ0n) is 16.3. The molecule has 3 aromatic heterocycles. The quantitative estimate of drug-likeness (QED) is 0.451. The van der Waals surface area contributed by atoms with E-state index >= 15 is 0 Å². The molecule has 0 fully saturated rings. The summed E-state index contributed by atoms with van der Waals surface area (Å²) < 4.78 is 11.8. The van der Waals surface area contributed by atoms with Gasteiger partial charge in [0.2, 0.25) is 5.91 Å². The van der Waals surface area contributed by atoms with Gasteiger partial charge in [0.1, 0.15) is 10.6 Å². The smallest absolute Gasteiger partial charge is 0.263 e. The van der Waals surface area contributed by atoms with Crippen LogP contribution in [0, 0.1) is 6.92 Å². The van der Waals surface area contributed by atoms with Crippen LogP contribution in [0.3, 0.4) is 0 Å². The van der Waals surface area contributed by atoms with Crippen molar-refractivity contribution in [3.05, 3.63) is 32.6 Å². The number of anilines is 1. The number of aromatic nitrogens is 3. The van der Waals surface area contributed by atoms with Crippen LogP contribution in [0.1, 0.15) is 29.0 Å². The molecule has 0 saturated heterocycles. The predicted molar refractivity (Wildman–Crippen MR) is 113 cm³/mol. The molecular weight excluding hydrogens is 412 g/mol. The van der Waals surface area contributed by atoms with Gasteiger partial charge in [-0.15, -0.1) is 11.3 Å². The molecule has 4 rings (SSSR count). The molecule has 3 heterocycles. The van der Waals surface area contributed by atoms with Crippen molar-refractivity contribution in [1.29, 1.82) is 0 Å². The number of ether oxygens (including phenoxy) is 1. The molecule has 0 bridgehead atoms. The number of hydrogen-bond acceptors (Lipinski definition) is 8. The summed E-state index contributed by atoms with van der Waals surface area (Å²) in [4.78, 5) is 32.3.